The Kier molecular flexibility index (Phi) is 4.01. The molecule has 26 heavy (non-hydrogen) atoms. The SMILES string of the molecule is Cc1cc(C(=O)/C=C/c2cc(-c3ccc4c(c3)OCO4)n[nH]2)ccc1F. The number of nitrogens with one attached hydrogen (secondary N) is 1. The number of aromatic nitrogens is 2. The lowest BCUT2D eigenvalue weighted by Gasteiger charge is -1.99. The molecule has 1 aliphatic rings. The zero-order valence-electron chi connectivity index (χ0n) is 14.0. The molecule has 0 aliphatic carbocycles. The molecule has 0 radical (unpaired) electrons. The van der Waals surface area contributed by atoms with E-state index in [1.807, 2.05) is 24.3 Å². The van der Waals surface area contributed by atoms with Crippen LogP contribution in [0.4, 0.5) is 4.39 Å². The Morgan fingerprint density at radius 1 is 1.15 bits per heavy atom. The predicted molar refractivity (Wildman–Crippen MR) is 94.6 cm³/mol. The first-order valence-corrected chi connectivity index (χ1v) is 8.04. The van der Waals surface area contributed by atoms with E-state index in [1.165, 1.54) is 24.3 Å². The Morgan fingerprint density at radius 2 is 2.00 bits per heavy atom. The molecule has 1 N–H and O–H groups in total. The fraction of sp³-hybridized carbons (Fsp3) is 0.100. The molecule has 0 amide bonds. The molecule has 1 aliphatic heterocycles. The van der Waals surface area contributed by atoms with Gasteiger partial charge < -0.3 is 9.47 Å². The quantitative estimate of drug-likeness (QED) is 0.567. The van der Waals surface area contributed by atoms with Crippen LogP contribution in [0.1, 0.15) is 21.6 Å². The number of ketones is 1. The minimum absolute atomic E-state index is 0.202. The summed E-state index contributed by atoms with van der Waals surface area (Å²) in [5.74, 6) is 0.869. The lowest BCUT2D eigenvalue weighted by molar-refractivity contribution is 0.104. The summed E-state index contributed by atoms with van der Waals surface area (Å²) in [4.78, 5) is 12.2. The molecule has 0 spiro atoms. The fourth-order valence-electron chi connectivity index (χ4n) is 2.69. The second-order valence-corrected chi connectivity index (χ2v) is 5.94. The molecule has 4 rings (SSSR count). The number of carbonyl (C=O) groups excluding carboxylic acids is 1. The highest BCUT2D eigenvalue weighted by molar-refractivity contribution is 6.06. The van der Waals surface area contributed by atoms with Gasteiger partial charge in [0.25, 0.3) is 0 Å². The van der Waals surface area contributed by atoms with Gasteiger partial charge in [0.2, 0.25) is 6.79 Å². The number of carbonyl (C=O) groups is 1. The summed E-state index contributed by atoms with van der Waals surface area (Å²) in [5, 5.41) is 7.13. The Morgan fingerprint density at radius 3 is 2.85 bits per heavy atom. The van der Waals surface area contributed by atoms with E-state index >= 15 is 0 Å². The Hall–Kier alpha value is -3.41. The largest absolute Gasteiger partial charge is 0.454 e. The van der Waals surface area contributed by atoms with E-state index < -0.39 is 0 Å². The number of allylic oxidation sites excluding steroid dienone is 1. The highest BCUT2D eigenvalue weighted by Crippen LogP contribution is 2.35. The van der Waals surface area contributed by atoms with Crippen LogP contribution in [-0.2, 0) is 0 Å². The Bertz CT molecular complexity index is 1020. The van der Waals surface area contributed by atoms with Crippen molar-refractivity contribution in [3.63, 3.8) is 0 Å². The number of nitrogens with zero attached hydrogens (tertiary/aromatic N) is 1. The molecule has 2 heterocycles. The number of hydrogen-bond donors (Lipinski definition) is 1. The van der Waals surface area contributed by atoms with Crippen molar-refractivity contribution < 1.29 is 18.7 Å². The van der Waals surface area contributed by atoms with Gasteiger partial charge in [-0.1, -0.05) is 0 Å². The molecule has 130 valence electrons. The zero-order valence-corrected chi connectivity index (χ0v) is 14.0. The number of aromatic amines is 1. The summed E-state index contributed by atoms with van der Waals surface area (Å²) in [5.41, 5.74) is 3.18. The maximum Gasteiger partial charge on any atom is 0.231 e. The Labute approximate surface area is 149 Å². The van der Waals surface area contributed by atoms with E-state index in [0.717, 1.165) is 11.3 Å². The molecule has 6 heteroatoms. The summed E-state index contributed by atoms with van der Waals surface area (Å²) in [6.07, 6.45) is 3.08. The molecule has 0 saturated carbocycles. The van der Waals surface area contributed by atoms with Gasteiger partial charge in [0.05, 0.1) is 11.4 Å². The number of rotatable bonds is 4. The highest BCUT2D eigenvalue weighted by atomic mass is 19.1. The molecular weight excluding hydrogens is 335 g/mol. The molecule has 3 aromatic rings. The second-order valence-electron chi connectivity index (χ2n) is 5.94. The minimum Gasteiger partial charge on any atom is -0.454 e. The van der Waals surface area contributed by atoms with E-state index in [9.17, 15) is 9.18 Å². The zero-order chi connectivity index (χ0) is 18.1. The first-order chi connectivity index (χ1) is 12.6. The molecular formula is C20H15FN2O3. The number of H-pyrrole nitrogens is 1. The first kappa shape index (κ1) is 16.1. The third-order valence-corrected chi connectivity index (χ3v) is 4.12. The van der Waals surface area contributed by atoms with Crippen LogP contribution >= 0.6 is 0 Å². The highest BCUT2D eigenvalue weighted by Gasteiger charge is 2.14. The molecule has 2 aromatic carbocycles. The van der Waals surface area contributed by atoms with E-state index in [-0.39, 0.29) is 18.4 Å². The topological polar surface area (TPSA) is 64.2 Å². The summed E-state index contributed by atoms with van der Waals surface area (Å²) < 4.78 is 24.0. The van der Waals surface area contributed by atoms with Crippen LogP contribution < -0.4 is 9.47 Å². The maximum atomic E-state index is 13.3. The van der Waals surface area contributed by atoms with Crippen LogP contribution in [0.25, 0.3) is 17.3 Å². The van der Waals surface area contributed by atoms with Crippen molar-refractivity contribution in [3.8, 4) is 22.8 Å². The standard InChI is InChI=1S/C20H15FN2O3/c1-12-8-14(2-5-16(12)21)18(24)6-4-15-10-17(23-22-15)13-3-7-19-20(9-13)26-11-25-19/h2-10H,11H2,1H3,(H,22,23)/b6-4+. The molecule has 1 aromatic heterocycles. The number of fused-ring (bicyclic) bond motifs is 1. The molecule has 5 nitrogen and oxygen atoms in total. The van der Waals surface area contributed by atoms with Gasteiger partial charge in [0, 0.05) is 11.1 Å². The van der Waals surface area contributed by atoms with Gasteiger partial charge >= 0.3 is 0 Å². The number of hydrogen-bond acceptors (Lipinski definition) is 4. The summed E-state index contributed by atoms with van der Waals surface area (Å²) in [6.45, 7) is 1.85. The molecule has 0 saturated heterocycles. The van der Waals surface area contributed by atoms with E-state index in [1.54, 1.807) is 13.0 Å². The van der Waals surface area contributed by atoms with E-state index in [4.69, 9.17) is 9.47 Å². The third kappa shape index (κ3) is 3.09. The summed E-state index contributed by atoms with van der Waals surface area (Å²) in [6, 6.07) is 11.7. The van der Waals surface area contributed by atoms with Crippen LogP contribution in [-0.4, -0.2) is 22.8 Å². The van der Waals surface area contributed by atoms with Crippen molar-refractivity contribution in [1.29, 1.82) is 0 Å². The lowest BCUT2D eigenvalue weighted by Crippen LogP contribution is -1.96. The van der Waals surface area contributed by atoms with Crippen molar-refractivity contribution >= 4 is 11.9 Å². The predicted octanol–water partition coefficient (Wildman–Crippen LogP) is 4.15. The summed E-state index contributed by atoms with van der Waals surface area (Å²) in [7, 11) is 0. The van der Waals surface area contributed by atoms with Gasteiger partial charge in [0.15, 0.2) is 17.3 Å². The van der Waals surface area contributed by atoms with E-state index in [2.05, 4.69) is 10.2 Å². The second kappa shape index (κ2) is 6.48. The fourth-order valence-corrected chi connectivity index (χ4v) is 2.69. The molecule has 0 bridgehead atoms. The van der Waals surface area contributed by atoms with Crippen molar-refractivity contribution in [3.05, 3.63) is 71.2 Å². The minimum atomic E-state index is -0.326. The Balaban J connectivity index is 1.52. The number of aryl methyl sites for hydroxylation is 1. The third-order valence-electron chi connectivity index (χ3n) is 4.12. The van der Waals surface area contributed by atoms with Gasteiger partial charge in [0.1, 0.15) is 5.82 Å². The smallest absolute Gasteiger partial charge is 0.231 e. The van der Waals surface area contributed by atoms with Gasteiger partial charge in [-0.2, -0.15) is 5.10 Å². The van der Waals surface area contributed by atoms with Crippen molar-refractivity contribution in [2.45, 2.75) is 6.92 Å². The lowest BCUT2D eigenvalue weighted by atomic mass is 10.1. The van der Waals surface area contributed by atoms with Crippen LogP contribution in [0.3, 0.4) is 0 Å². The molecule has 0 atom stereocenters. The van der Waals surface area contributed by atoms with E-state index in [0.29, 0.717) is 28.3 Å². The average molecular weight is 350 g/mol. The van der Waals surface area contributed by atoms with Gasteiger partial charge in [-0.05, 0) is 67.1 Å². The van der Waals surface area contributed by atoms with Crippen LogP contribution in [0.5, 0.6) is 11.5 Å². The number of ether oxygens (including phenoxy) is 2. The number of benzene rings is 2. The van der Waals surface area contributed by atoms with Crippen LogP contribution in [0.2, 0.25) is 0 Å². The van der Waals surface area contributed by atoms with Crippen LogP contribution in [0, 0.1) is 12.7 Å². The summed E-state index contributed by atoms with van der Waals surface area (Å²) >= 11 is 0. The van der Waals surface area contributed by atoms with Gasteiger partial charge in [-0.15, -0.1) is 0 Å². The molecule has 0 fully saturated rings. The normalized spacial score (nSPS) is 12.7. The first-order valence-electron chi connectivity index (χ1n) is 8.04. The van der Waals surface area contributed by atoms with Crippen LogP contribution in [0.15, 0.2) is 48.5 Å². The van der Waals surface area contributed by atoms with Gasteiger partial charge in [-0.3, -0.25) is 9.89 Å². The van der Waals surface area contributed by atoms with Crippen molar-refractivity contribution in [2.75, 3.05) is 6.79 Å². The monoisotopic (exact) mass is 350 g/mol. The maximum absolute atomic E-state index is 13.3. The molecule has 0 unspecified atom stereocenters. The van der Waals surface area contributed by atoms with Crippen molar-refractivity contribution in [1.82, 2.24) is 10.2 Å². The number of halogens is 1. The van der Waals surface area contributed by atoms with Crippen molar-refractivity contribution in [2.24, 2.45) is 0 Å². The van der Waals surface area contributed by atoms with Gasteiger partial charge in [-0.25, -0.2) is 4.39 Å². The average Bonchev–Trinajstić information content (AvgIpc) is 3.30.